The van der Waals surface area contributed by atoms with Crippen molar-refractivity contribution in [3.63, 3.8) is 0 Å². The van der Waals surface area contributed by atoms with Crippen LogP contribution in [-0.2, 0) is 17.8 Å². The zero-order chi connectivity index (χ0) is 14.9. The van der Waals surface area contributed by atoms with Gasteiger partial charge in [0.15, 0.2) is 0 Å². The summed E-state index contributed by atoms with van der Waals surface area (Å²) < 4.78 is 6.66. The summed E-state index contributed by atoms with van der Waals surface area (Å²) in [6.45, 7) is 10.9. The minimum absolute atomic E-state index is 0.285. The van der Waals surface area contributed by atoms with Gasteiger partial charge >= 0.3 is 6.09 Å². The Labute approximate surface area is 121 Å². The molecule has 0 atom stereocenters. The van der Waals surface area contributed by atoms with E-state index in [1.165, 1.54) is 7.11 Å². The molecule has 1 aliphatic heterocycles. The van der Waals surface area contributed by atoms with Gasteiger partial charge < -0.3 is 9.57 Å². The average molecular weight is 296 g/mol. The molecule has 0 aliphatic carbocycles. The Morgan fingerprint density at radius 3 is 2.65 bits per heavy atom. The van der Waals surface area contributed by atoms with Gasteiger partial charge in [0.2, 0.25) is 0 Å². The van der Waals surface area contributed by atoms with Crippen molar-refractivity contribution in [2.45, 2.75) is 45.7 Å². The zero-order valence-electron chi connectivity index (χ0n) is 13.0. The fourth-order valence-corrected chi connectivity index (χ4v) is 3.07. The van der Waals surface area contributed by atoms with E-state index in [1.807, 2.05) is 11.7 Å². The van der Waals surface area contributed by atoms with Gasteiger partial charge in [-0.2, -0.15) is 4.73 Å². The Morgan fingerprint density at radius 1 is 1.35 bits per heavy atom. The third-order valence-corrected chi connectivity index (χ3v) is 5.23. The molecule has 0 saturated heterocycles. The Bertz CT molecular complexity index is 505. The highest BCUT2D eigenvalue weighted by molar-refractivity contribution is 6.76. The highest BCUT2D eigenvalue weighted by Gasteiger charge is 2.29. The molecule has 2 heterocycles. The van der Waals surface area contributed by atoms with E-state index in [4.69, 9.17) is 9.57 Å². The number of aryl methyl sites for hydroxylation is 1. The Hall–Kier alpha value is -1.43. The lowest BCUT2D eigenvalue weighted by Crippen LogP contribution is -2.28. The van der Waals surface area contributed by atoms with Crippen LogP contribution in [0.15, 0.2) is 6.07 Å². The minimum Gasteiger partial charge on any atom is -0.453 e. The standard InChI is InChI=1S/C14H24N2O3Si/c1-11-8-12-9-15(14(17)18-2)10-13(12)16(11)19-6-7-20(3,4)5/h8H,6-7,9-10H2,1-5H3. The first-order valence-corrected chi connectivity index (χ1v) is 10.7. The third kappa shape index (κ3) is 3.17. The summed E-state index contributed by atoms with van der Waals surface area (Å²) in [4.78, 5) is 19.2. The van der Waals surface area contributed by atoms with Crippen molar-refractivity contribution in [3.8, 4) is 0 Å². The van der Waals surface area contributed by atoms with Gasteiger partial charge in [-0.05, 0) is 24.6 Å². The first-order chi connectivity index (χ1) is 9.31. The summed E-state index contributed by atoms with van der Waals surface area (Å²) in [5.41, 5.74) is 3.32. The van der Waals surface area contributed by atoms with Gasteiger partial charge in [-0.25, -0.2) is 4.79 Å². The molecule has 1 amide bonds. The molecule has 0 saturated carbocycles. The molecule has 1 aromatic rings. The molecule has 5 nitrogen and oxygen atoms in total. The fraction of sp³-hybridized carbons (Fsp3) is 0.643. The summed E-state index contributed by atoms with van der Waals surface area (Å²) in [5, 5.41) is 0. The van der Waals surface area contributed by atoms with Crippen molar-refractivity contribution in [2.24, 2.45) is 0 Å². The van der Waals surface area contributed by atoms with Gasteiger partial charge in [0.1, 0.15) is 6.61 Å². The molecule has 2 rings (SSSR count). The van der Waals surface area contributed by atoms with Crippen molar-refractivity contribution < 1.29 is 14.4 Å². The lowest BCUT2D eigenvalue weighted by atomic mass is 10.3. The van der Waals surface area contributed by atoms with Crippen LogP contribution < -0.4 is 4.84 Å². The SMILES string of the molecule is COC(=O)N1Cc2cc(C)n(OCC[Si](C)(C)C)c2C1. The molecule has 6 heteroatoms. The number of methoxy groups -OCH3 is 1. The molecule has 112 valence electrons. The molecule has 0 aromatic carbocycles. The lowest BCUT2D eigenvalue weighted by Gasteiger charge is -2.19. The van der Waals surface area contributed by atoms with Crippen molar-refractivity contribution >= 4 is 14.2 Å². The summed E-state index contributed by atoms with van der Waals surface area (Å²) in [6.07, 6.45) is -0.285. The zero-order valence-corrected chi connectivity index (χ0v) is 14.0. The van der Waals surface area contributed by atoms with Crippen LogP contribution in [0.5, 0.6) is 0 Å². The Kier molecular flexibility index (Phi) is 4.13. The number of amides is 1. The molecule has 0 unspecified atom stereocenters. The quantitative estimate of drug-likeness (QED) is 0.802. The molecule has 0 radical (unpaired) electrons. The smallest absolute Gasteiger partial charge is 0.410 e. The van der Waals surface area contributed by atoms with Crippen LogP contribution in [0.25, 0.3) is 0 Å². The maximum Gasteiger partial charge on any atom is 0.410 e. The van der Waals surface area contributed by atoms with Crippen LogP contribution in [0.1, 0.15) is 17.0 Å². The number of carbonyl (C=O) groups is 1. The molecule has 1 aliphatic rings. The van der Waals surface area contributed by atoms with Gasteiger partial charge in [-0.15, -0.1) is 0 Å². The monoisotopic (exact) mass is 296 g/mol. The van der Waals surface area contributed by atoms with Crippen LogP contribution >= 0.6 is 0 Å². The second-order valence-corrected chi connectivity index (χ2v) is 12.1. The fourth-order valence-electron chi connectivity index (χ4n) is 2.36. The van der Waals surface area contributed by atoms with Crippen LogP contribution in [-0.4, -0.2) is 37.5 Å². The first-order valence-electron chi connectivity index (χ1n) is 6.98. The van der Waals surface area contributed by atoms with E-state index in [2.05, 4.69) is 25.7 Å². The van der Waals surface area contributed by atoms with Gasteiger partial charge in [0, 0.05) is 8.07 Å². The maximum atomic E-state index is 11.6. The van der Waals surface area contributed by atoms with Gasteiger partial charge in [0.05, 0.1) is 31.6 Å². The Morgan fingerprint density at radius 2 is 2.05 bits per heavy atom. The lowest BCUT2D eigenvalue weighted by molar-refractivity contribution is 0.0998. The number of aromatic nitrogens is 1. The van der Waals surface area contributed by atoms with Crippen LogP contribution in [0.2, 0.25) is 25.7 Å². The molecule has 0 spiro atoms. The second-order valence-electron chi connectivity index (χ2n) is 6.52. The highest BCUT2D eigenvalue weighted by atomic mass is 28.3. The summed E-state index contributed by atoms with van der Waals surface area (Å²) in [7, 11) is 0.318. The van der Waals surface area contributed by atoms with Crippen molar-refractivity contribution in [2.75, 3.05) is 13.7 Å². The predicted octanol–water partition coefficient (Wildman–Crippen LogP) is 2.65. The molecule has 20 heavy (non-hydrogen) atoms. The molecular formula is C14H24N2O3Si. The van der Waals surface area contributed by atoms with E-state index in [9.17, 15) is 4.79 Å². The number of nitrogens with zero attached hydrogens (tertiary/aromatic N) is 2. The van der Waals surface area contributed by atoms with Gasteiger partial charge in [-0.3, -0.25) is 4.90 Å². The molecule has 0 N–H and O–H groups in total. The summed E-state index contributed by atoms with van der Waals surface area (Å²) >= 11 is 0. The maximum absolute atomic E-state index is 11.6. The molecule has 0 bridgehead atoms. The normalized spacial score (nSPS) is 14.3. The van der Waals surface area contributed by atoms with E-state index in [0.29, 0.717) is 13.1 Å². The van der Waals surface area contributed by atoms with Crippen LogP contribution in [0, 0.1) is 6.92 Å². The topological polar surface area (TPSA) is 43.7 Å². The minimum atomic E-state index is -1.09. The van der Waals surface area contributed by atoms with Crippen LogP contribution in [0.4, 0.5) is 4.79 Å². The summed E-state index contributed by atoms with van der Waals surface area (Å²) in [5.74, 6) is 0. The van der Waals surface area contributed by atoms with Crippen molar-refractivity contribution in [1.29, 1.82) is 0 Å². The van der Waals surface area contributed by atoms with Crippen molar-refractivity contribution in [1.82, 2.24) is 9.63 Å². The molecule has 1 aromatic heterocycles. The van der Waals surface area contributed by atoms with E-state index >= 15 is 0 Å². The van der Waals surface area contributed by atoms with E-state index < -0.39 is 8.07 Å². The van der Waals surface area contributed by atoms with Crippen molar-refractivity contribution in [3.05, 3.63) is 23.0 Å². The number of fused-ring (bicyclic) bond motifs is 1. The number of hydrogen-bond donors (Lipinski definition) is 0. The third-order valence-electron chi connectivity index (χ3n) is 3.53. The summed E-state index contributed by atoms with van der Waals surface area (Å²) in [6, 6.07) is 3.22. The second kappa shape index (κ2) is 5.52. The Balaban J connectivity index is 2.04. The van der Waals surface area contributed by atoms with Gasteiger partial charge in [-0.1, -0.05) is 19.6 Å². The number of carbonyl (C=O) groups excluding carboxylic acids is 1. The molecule has 0 fully saturated rings. The largest absolute Gasteiger partial charge is 0.453 e. The van der Waals surface area contributed by atoms with E-state index in [0.717, 1.165) is 29.6 Å². The van der Waals surface area contributed by atoms with Crippen LogP contribution in [0.3, 0.4) is 0 Å². The highest BCUT2D eigenvalue weighted by Crippen LogP contribution is 2.26. The van der Waals surface area contributed by atoms with E-state index in [1.54, 1.807) is 4.90 Å². The average Bonchev–Trinajstić information content (AvgIpc) is 2.86. The van der Waals surface area contributed by atoms with Gasteiger partial charge in [0.25, 0.3) is 0 Å². The van der Waals surface area contributed by atoms with E-state index in [-0.39, 0.29) is 6.09 Å². The molecular weight excluding hydrogens is 272 g/mol. The number of rotatable bonds is 4. The first kappa shape index (κ1) is 15.0. The number of ether oxygens (including phenoxy) is 1. The number of hydrogen-bond acceptors (Lipinski definition) is 3. The predicted molar refractivity (Wildman–Crippen MR) is 80.4 cm³/mol.